The molecule has 15 heteroatoms. The van der Waals surface area contributed by atoms with E-state index >= 15 is 0 Å². The summed E-state index contributed by atoms with van der Waals surface area (Å²) < 4.78 is 4.95. The highest BCUT2D eigenvalue weighted by Crippen LogP contribution is 2.40. The number of thiazole rings is 1. The molecule has 2 amide bonds. The molecule has 13 nitrogen and oxygen atoms in total. The first kappa shape index (κ1) is 25.7. The number of hydrogen-bond acceptors (Lipinski definition) is 12. The molecular weight excluding hydrogens is 502 g/mol. The predicted molar refractivity (Wildman–Crippen MR) is 124 cm³/mol. The highest BCUT2D eigenvalue weighted by Gasteiger charge is 2.54. The maximum Gasteiger partial charge on any atom is 0.352 e. The number of rotatable bonds is 9. The molecule has 2 atom stereocenters. The number of ketones is 1. The molecule has 1 fully saturated rings. The predicted octanol–water partition coefficient (Wildman–Crippen LogP) is -0.660. The molecule has 35 heavy (non-hydrogen) atoms. The minimum absolute atomic E-state index is 0.109. The molecule has 3 heterocycles. The van der Waals surface area contributed by atoms with Crippen molar-refractivity contribution in [3.05, 3.63) is 22.3 Å². The molecule has 1 aromatic heterocycles. The molecule has 0 bridgehead atoms. The van der Waals surface area contributed by atoms with Crippen LogP contribution in [0.15, 0.2) is 21.8 Å². The average molecular weight is 522 g/mol. The number of aliphatic carboxylic acids is 1. The van der Waals surface area contributed by atoms with Crippen molar-refractivity contribution in [2.75, 3.05) is 24.7 Å². The van der Waals surface area contributed by atoms with Crippen LogP contribution in [-0.2, 0) is 33.5 Å². The van der Waals surface area contributed by atoms with E-state index < -0.39 is 41.6 Å². The zero-order valence-electron chi connectivity index (χ0n) is 18.2. The summed E-state index contributed by atoms with van der Waals surface area (Å²) in [6.45, 7) is 0.753. The smallest absolute Gasteiger partial charge is 0.352 e. The lowest BCUT2D eigenvalue weighted by Crippen LogP contribution is -2.70. The van der Waals surface area contributed by atoms with E-state index in [1.54, 1.807) is 5.38 Å². The fraction of sp³-hybridized carbons (Fsp3) is 0.350. The summed E-state index contributed by atoms with van der Waals surface area (Å²) in [4.78, 5) is 68.8. The van der Waals surface area contributed by atoms with Crippen molar-refractivity contribution in [2.45, 2.75) is 24.8 Å². The van der Waals surface area contributed by atoms with Gasteiger partial charge in [-0.05, 0) is 12.8 Å². The third kappa shape index (κ3) is 6.58. The Hall–Kier alpha value is -3.90. The summed E-state index contributed by atoms with van der Waals surface area (Å²) in [5, 5.41) is 16.9. The number of esters is 1. The Morgan fingerprint density at radius 1 is 1.43 bits per heavy atom. The van der Waals surface area contributed by atoms with Crippen LogP contribution in [0.5, 0.6) is 0 Å². The van der Waals surface area contributed by atoms with E-state index in [-0.39, 0.29) is 36.0 Å². The molecule has 3 rings (SSSR count). The lowest BCUT2D eigenvalue weighted by atomic mass is 10.0. The van der Waals surface area contributed by atoms with Crippen LogP contribution in [0.2, 0.25) is 0 Å². The average Bonchev–Trinajstić information content (AvgIpc) is 3.21. The summed E-state index contributed by atoms with van der Waals surface area (Å²) in [6, 6.07) is -0.968. The number of carbonyl (C=O) groups excluding carboxylic acids is 4. The number of nitrogens with zero attached hydrogens (tertiary/aromatic N) is 3. The number of hydrogen-bond donors (Lipinski definition) is 3. The maximum atomic E-state index is 12.6. The van der Waals surface area contributed by atoms with Gasteiger partial charge in [-0.25, -0.2) is 9.78 Å². The van der Waals surface area contributed by atoms with Gasteiger partial charge in [-0.2, -0.15) is 0 Å². The molecule has 0 spiro atoms. The van der Waals surface area contributed by atoms with E-state index in [9.17, 15) is 29.1 Å². The van der Waals surface area contributed by atoms with Crippen LogP contribution in [0.25, 0.3) is 0 Å². The standard InChI is InChI=1S/C20H19N5O8S2/c1-10(26)5-14(28)32-7-11-8-34-18-15(17(29)25(18)16(11)19(30)31)24-13(27)6-22-33-4-2-3-12-9-35-20(21)23-12/h6,9,15,18H,4-5,7-8H2,1H3,(H2,21,23)(H,24,27)(H,30,31)/t15-,18+/m1/s1. The minimum Gasteiger partial charge on any atom is -0.477 e. The van der Waals surface area contributed by atoms with Gasteiger partial charge in [0.25, 0.3) is 11.8 Å². The molecule has 0 unspecified atom stereocenters. The number of ether oxygens (including phenoxy) is 1. The van der Waals surface area contributed by atoms with Gasteiger partial charge in [-0.1, -0.05) is 11.1 Å². The van der Waals surface area contributed by atoms with Gasteiger partial charge in [0.2, 0.25) is 0 Å². The third-order valence-electron chi connectivity index (χ3n) is 4.47. The van der Waals surface area contributed by atoms with Gasteiger partial charge in [0.1, 0.15) is 47.8 Å². The summed E-state index contributed by atoms with van der Waals surface area (Å²) >= 11 is 2.45. The van der Waals surface area contributed by atoms with Gasteiger partial charge in [-0.15, -0.1) is 23.1 Å². The molecule has 184 valence electrons. The second-order valence-corrected chi connectivity index (χ2v) is 9.07. The zero-order chi connectivity index (χ0) is 25.5. The maximum absolute atomic E-state index is 12.6. The Balaban J connectivity index is 1.52. The number of fused-ring (bicyclic) bond motifs is 1. The Morgan fingerprint density at radius 2 is 2.20 bits per heavy atom. The molecule has 2 aliphatic heterocycles. The number of anilines is 1. The van der Waals surface area contributed by atoms with Crippen molar-refractivity contribution in [3.8, 4) is 11.8 Å². The Kier molecular flexibility index (Phi) is 8.44. The largest absolute Gasteiger partial charge is 0.477 e. The highest BCUT2D eigenvalue weighted by molar-refractivity contribution is 8.00. The lowest BCUT2D eigenvalue weighted by molar-refractivity contribution is -0.150. The van der Waals surface area contributed by atoms with Gasteiger partial charge in [0, 0.05) is 16.7 Å². The molecule has 4 N–H and O–H groups in total. The van der Waals surface area contributed by atoms with Crippen LogP contribution < -0.4 is 11.1 Å². The van der Waals surface area contributed by atoms with Crippen LogP contribution in [0.1, 0.15) is 19.0 Å². The molecule has 1 aromatic rings. The number of amides is 2. The fourth-order valence-corrected chi connectivity index (χ4v) is 4.86. The van der Waals surface area contributed by atoms with Gasteiger partial charge in [0.15, 0.2) is 11.7 Å². The number of nitrogens with one attached hydrogen (secondary N) is 1. The van der Waals surface area contributed by atoms with Crippen molar-refractivity contribution in [2.24, 2.45) is 5.16 Å². The topological polar surface area (TPSA) is 191 Å². The zero-order valence-corrected chi connectivity index (χ0v) is 19.8. The van der Waals surface area contributed by atoms with E-state index in [1.807, 2.05) is 0 Å². The molecule has 0 saturated carbocycles. The second-order valence-electron chi connectivity index (χ2n) is 7.07. The quantitative estimate of drug-likeness (QED) is 0.0711. The second kappa shape index (κ2) is 11.5. The number of Topliss-reactive ketones (excluding diaryl/α,β-unsaturated/α-hetero) is 1. The van der Waals surface area contributed by atoms with Gasteiger partial charge in [-0.3, -0.25) is 24.1 Å². The van der Waals surface area contributed by atoms with E-state index in [1.165, 1.54) is 30.0 Å². The van der Waals surface area contributed by atoms with Crippen molar-refractivity contribution >= 4 is 64.0 Å². The van der Waals surface area contributed by atoms with Gasteiger partial charge in [0.05, 0.1) is 0 Å². The summed E-state index contributed by atoms with van der Waals surface area (Å²) in [7, 11) is 0. The molecule has 1 saturated heterocycles. The van der Waals surface area contributed by atoms with Crippen LogP contribution in [0, 0.1) is 11.8 Å². The van der Waals surface area contributed by atoms with Crippen molar-refractivity contribution in [1.82, 2.24) is 15.2 Å². The monoisotopic (exact) mass is 521 g/mol. The number of nitrogens with two attached hydrogens (primary N) is 1. The Bertz CT molecular complexity index is 1180. The number of carboxylic acid groups (broad SMARTS) is 1. The van der Waals surface area contributed by atoms with E-state index in [4.69, 9.17) is 15.3 Å². The van der Waals surface area contributed by atoms with E-state index in [0.717, 1.165) is 11.1 Å². The van der Waals surface area contributed by atoms with Crippen molar-refractivity contribution in [3.63, 3.8) is 0 Å². The molecule has 0 aromatic carbocycles. The lowest BCUT2D eigenvalue weighted by Gasteiger charge is -2.49. The van der Waals surface area contributed by atoms with Crippen molar-refractivity contribution in [1.29, 1.82) is 0 Å². The molecule has 0 aliphatic carbocycles. The van der Waals surface area contributed by atoms with E-state index in [2.05, 4.69) is 27.3 Å². The van der Waals surface area contributed by atoms with Gasteiger partial charge < -0.3 is 25.7 Å². The first-order chi connectivity index (χ1) is 16.7. The van der Waals surface area contributed by atoms with Crippen molar-refractivity contribution < 1.29 is 38.7 Å². The molecule has 2 aliphatic rings. The SMILES string of the molecule is CC(=O)CC(=O)OCC1=C(C(=O)O)N2C(=O)[C@@H](NC(=O)C=NOCC#Cc3csc(N)n3)[C@@H]2SC1. The van der Waals surface area contributed by atoms with Crippen LogP contribution >= 0.6 is 23.1 Å². The van der Waals surface area contributed by atoms with Crippen LogP contribution in [0.3, 0.4) is 0 Å². The Morgan fingerprint density at radius 3 is 2.86 bits per heavy atom. The number of carbonyl (C=O) groups is 5. The summed E-state index contributed by atoms with van der Waals surface area (Å²) in [5.74, 6) is 1.59. The number of thioether (sulfide) groups is 1. The molecular formula is C20H19N5O8S2. The van der Waals surface area contributed by atoms with Crippen LogP contribution in [0.4, 0.5) is 5.13 Å². The number of nitrogen functional groups attached to an aromatic ring is 1. The van der Waals surface area contributed by atoms with Crippen LogP contribution in [-0.4, -0.2) is 81.1 Å². The third-order valence-corrected chi connectivity index (χ3v) is 6.48. The normalized spacial score (nSPS) is 18.8. The first-order valence-corrected chi connectivity index (χ1v) is 11.8. The number of carboxylic acids is 1. The van der Waals surface area contributed by atoms with E-state index in [0.29, 0.717) is 10.8 Å². The highest BCUT2D eigenvalue weighted by atomic mass is 32.2. The van der Waals surface area contributed by atoms with Gasteiger partial charge >= 0.3 is 11.9 Å². The number of β-lactam (4-membered cyclic amide) rings is 1. The summed E-state index contributed by atoms with van der Waals surface area (Å²) in [5.41, 5.74) is 5.88. The Labute approximate surface area is 206 Å². The number of aromatic nitrogens is 1. The first-order valence-electron chi connectivity index (χ1n) is 9.88. The fourth-order valence-electron chi connectivity index (χ4n) is 3.03. The minimum atomic E-state index is -1.37. The number of oxime groups is 1. The molecule has 0 radical (unpaired) electrons. The summed E-state index contributed by atoms with van der Waals surface area (Å²) in [6.07, 6.45) is 0.404.